The minimum absolute atomic E-state index is 0.0100. The fraction of sp³-hybridized carbons (Fsp3) is 0.462. The molecule has 0 saturated heterocycles. The van der Waals surface area contributed by atoms with E-state index in [-0.39, 0.29) is 18.1 Å². The van der Waals surface area contributed by atoms with Crippen LogP contribution in [-0.2, 0) is 6.54 Å². The van der Waals surface area contributed by atoms with Gasteiger partial charge in [-0.25, -0.2) is 0 Å². The SMILES string of the molecule is CC(C)Cn1c(=O)c(C(=O)NCC(F)(F)F)c(O)n2nc(Br)cc12. The van der Waals surface area contributed by atoms with E-state index in [2.05, 4.69) is 21.0 Å². The molecule has 2 N–H and O–H groups in total. The van der Waals surface area contributed by atoms with Gasteiger partial charge in [0.15, 0.2) is 5.56 Å². The first-order chi connectivity index (χ1) is 11.0. The van der Waals surface area contributed by atoms with E-state index in [1.165, 1.54) is 10.6 Å². The van der Waals surface area contributed by atoms with Gasteiger partial charge in [-0.15, -0.1) is 0 Å². The van der Waals surface area contributed by atoms with Crippen molar-refractivity contribution in [2.45, 2.75) is 26.6 Å². The largest absolute Gasteiger partial charge is 0.492 e. The van der Waals surface area contributed by atoms with Crippen molar-refractivity contribution in [2.24, 2.45) is 5.92 Å². The average Bonchev–Trinajstić information content (AvgIpc) is 2.82. The molecule has 24 heavy (non-hydrogen) atoms. The lowest BCUT2D eigenvalue weighted by Crippen LogP contribution is -2.39. The Morgan fingerprint density at radius 3 is 2.62 bits per heavy atom. The zero-order valence-corrected chi connectivity index (χ0v) is 14.3. The third-order valence-corrected chi connectivity index (χ3v) is 3.43. The molecule has 2 rings (SSSR count). The van der Waals surface area contributed by atoms with E-state index in [9.17, 15) is 27.9 Å². The number of halogens is 4. The van der Waals surface area contributed by atoms with Gasteiger partial charge in [0.25, 0.3) is 11.5 Å². The second-order valence-corrected chi connectivity index (χ2v) is 6.36. The third kappa shape index (κ3) is 3.71. The highest BCUT2D eigenvalue weighted by Gasteiger charge is 2.30. The lowest BCUT2D eigenvalue weighted by Gasteiger charge is -2.15. The molecule has 0 saturated carbocycles. The fourth-order valence-electron chi connectivity index (χ4n) is 2.14. The van der Waals surface area contributed by atoms with Crippen molar-refractivity contribution in [3.8, 4) is 5.88 Å². The van der Waals surface area contributed by atoms with E-state index in [0.717, 1.165) is 4.52 Å². The van der Waals surface area contributed by atoms with E-state index >= 15 is 0 Å². The molecule has 7 nitrogen and oxygen atoms in total. The Morgan fingerprint density at radius 2 is 2.08 bits per heavy atom. The smallest absolute Gasteiger partial charge is 0.405 e. The summed E-state index contributed by atoms with van der Waals surface area (Å²) >= 11 is 3.09. The van der Waals surface area contributed by atoms with Crippen LogP contribution in [0.25, 0.3) is 5.65 Å². The van der Waals surface area contributed by atoms with Gasteiger partial charge in [0.05, 0.1) is 0 Å². The molecule has 0 aliphatic heterocycles. The molecule has 0 atom stereocenters. The standard InChI is InChI=1S/C13H14BrF3N4O3/c1-6(2)4-20-8-3-7(14)19-21(8)12(24)9(11(20)23)10(22)18-5-13(15,16)17/h3,6,24H,4-5H2,1-2H3,(H,18,22). The molecular weight excluding hydrogens is 397 g/mol. The molecule has 0 aromatic carbocycles. The van der Waals surface area contributed by atoms with Gasteiger partial charge in [0, 0.05) is 12.6 Å². The van der Waals surface area contributed by atoms with Crippen LogP contribution in [0, 0.1) is 5.92 Å². The molecule has 2 heterocycles. The van der Waals surface area contributed by atoms with Crippen LogP contribution in [0.15, 0.2) is 15.5 Å². The summed E-state index contributed by atoms with van der Waals surface area (Å²) in [6.07, 6.45) is -4.64. The predicted molar refractivity (Wildman–Crippen MR) is 82.0 cm³/mol. The maximum Gasteiger partial charge on any atom is 0.405 e. The van der Waals surface area contributed by atoms with Crippen LogP contribution in [0.2, 0.25) is 0 Å². The third-order valence-electron chi connectivity index (χ3n) is 3.04. The van der Waals surface area contributed by atoms with E-state index in [4.69, 9.17) is 0 Å². The second-order valence-electron chi connectivity index (χ2n) is 5.54. The van der Waals surface area contributed by atoms with E-state index in [1.54, 1.807) is 5.32 Å². The highest BCUT2D eigenvalue weighted by atomic mass is 79.9. The number of hydrogen-bond donors (Lipinski definition) is 2. The van der Waals surface area contributed by atoms with Crippen molar-refractivity contribution in [2.75, 3.05) is 6.54 Å². The van der Waals surface area contributed by atoms with Crippen LogP contribution in [0.1, 0.15) is 24.2 Å². The molecular formula is C13H14BrF3N4O3. The zero-order chi connectivity index (χ0) is 18.2. The number of amides is 1. The minimum Gasteiger partial charge on any atom is -0.492 e. The van der Waals surface area contributed by atoms with Crippen LogP contribution in [0.5, 0.6) is 5.88 Å². The summed E-state index contributed by atoms with van der Waals surface area (Å²) in [6, 6.07) is 1.46. The molecule has 0 spiro atoms. The maximum absolute atomic E-state index is 12.5. The van der Waals surface area contributed by atoms with Gasteiger partial charge in [-0.2, -0.15) is 22.8 Å². The van der Waals surface area contributed by atoms with E-state index < -0.39 is 35.6 Å². The normalized spacial score (nSPS) is 12.1. The molecule has 2 aromatic heterocycles. The number of fused-ring (bicyclic) bond motifs is 1. The molecule has 1 amide bonds. The molecule has 2 aromatic rings. The molecule has 0 fully saturated rings. The van der Waals surface area contributed by atoms with E-state index in [0.29, 0.717) is 4.60 Å². The topological polar surface area (TPSA) is 88.6 Å². The van der Waals surface area contributed by atoms with Gasteiger partial charge >= 0.3 is 6.18 Å². The number of aromatic nitrogens is 3. The van der Waals surface area contributed by atoms with Crippen molar-refractivity contribution in [3.63, 3.8) is 0 Å². The van der Waals surface area contributed by atoms with Gasteiger partial charge < -0.3 is 10.4 Å². The Bertz CT molecular complexity index is 842. The molecule has 0 radical (unpaired) electrons. The minimum atomic E-state index is -4.64. The number of rotatable bonds is 4. The number of alkyl halides is 3. The quantitative estimate of drug-likeness (QED) is 0.805. The van der Waals surface area contributed by atoms with E-state index in [1.807, 2.05) is 13.8 Å². The molecule has 132 valence electrons. The summed E-state index contributed by atoms with van der Waals surface area (Å²) in [5.74, 6) is -2.13. The Morgan fingerprint density at radius 1 is 1.46 bits per heavy atom. The number of carbonyl (C=O) groups is 1. The fourth-order valence-corrected chi connectivity index (χ4v) is 2.50. The van der Waals surface area contributed by atoms with Gasteiger partial charge in [0.1, 0.15) is 16.8 Å². The van der Waals surface area contributed by atoms with Crippen LogP contribution in [0.3, 0.4) is 0 Å². The summed E-state index contributed by atoms with van der Waals surface area (Å²) in [7, 11) is 0. The van der Waals surface area contributed by atoms with Gasteiger partial charge in [-0.3, -0.25) is 14.2 Å². The highest BCUT2D eigenvalue weighted by molar-refractivity contribution is 9.10. The first kappa shape index (κ1) is 18.3. The summed E-state index contributed by atoms with van der Waals surface area (Å²) in [5, 5.41) is 15.6. The number of hydrogen-bond acceptors (Lipinski definition) is 4. The average molecular weight is 411 g/mol. The van der Waals surface area contributed by atoms with Gasteiger partial charge in [-0.1, -0.05) is 13.8 Å². The van der Waals surface area contributed by atoms with Crippen LogP contribution < -0.4 is 10.9 Å². The molecule has 0 bridgehead atoms. The number of nitrogens with zero attached hydrogens (tertiary/aromatic N) is 3. The van der Waals surface area contributed by atoms with Crippen molar-refractivity contribution < 1.29 is 23.1 Å². The second kappa shape index (κ2) is 6.46. The number of carbonyl (C=O) groups excluding carboxylic acids is 1. The van der Waals surface area contributed by atoms with Crippen LogP contribution in [0.4, 0.5) is 13.2 Å². The predicted octanol–water partition coefficient (Wildman–Crippen LogP) is 1.91. The number of nitrogens with one attached hydrogen (secondary N) is 1. The maximum atomic E-state index is 12.5. The van der Waals surface area contributed by atoms with Crippen molar-refractivity contribution in [1.82, 2.24) is 19.5 Å². The van der Waals surface area contributed by atoms with Crippen molar-refractivity contribution in [1.29, 1.82) is 0 Å². The summed E-state index contributed by atoms with van der Waals surface area (Å²) in [6.45, 7) is 2.23. The summed E-state index contributed by atoms with van der Waals surface area (Å²) < 4.78 is 39.2. The first-order valence-corrected chi connectivity index (χ1v) is 7.66. The lowest BCUT2D eigenvalue weighted by atomic mass is 10.2. The zero-order valence-electron chi connectivity index (χ0n) is 12.7. The Kier molecular flexibility index (Phi) is 4.92. The Hall–Kier alpha value is -2.04. The monoisotopic (exact) mass is 410 g/mol. The van der Waals surface area contributed by atoms with Crippen LogP contribution in [-0.4, -0.2) is 37.9 Å². The lowest BCUT2D eigenvalue weighted by molar-refractivity contribution is -0.123. The Labute approximate surface area is 142 Å². The van der Waals surface area contributed by atoms with Crippen LogP contribution >= 0.6 is 15.9 Å². The van der Waals surface area contributed by atoms with Gasteiger partial charge in [-0.05, 0) is 21.8 Å². The van der Waals surface area contributed by atoms with Crippen molar-refractivity contribution in [3.05, 3.63) is 26.6 Å². The number of aromatic hydroxyl groups is 1. The van der Waals surface area contributed by atoms with Gasteiger partial charge in [0.2, 0.25) is 5.88 Å². The molecule has 0 aliphatic carbocycles. The molecule has 11 heteroatoms. The Balaban J connectivity index is 2.61. The molecule has 0 unspecified atom stereocenters. The highest BCUT2D eigenvalue weighted by Crippen LogP contribution is 2.21. The first-order valence-electron chi connectivity index (χ1n) is 6.87. The van der Waals surface area contributed by atoms with Crippen molar-refractivity contribution >= 4 is 27.5 Å². The summed E-state index contributed by atoms with van der Waals surface area (Å²) in [4.78, 5) is 24.5. The summed E-state index contributed by atoms with van der Waals surface area (Å²) in [5.41, 5.74) is -1.46. The molecule has 0 aliphatic rings.